The Morgan fingerprint density at radius 1 is 1.19 bits per heavy atom. The van der Waals surface area contributed by atoms with Crippen molar-refractivity contribution in [1.29, 1.82) is 0 Å². The van der Waals surface area contributed by atoms with Gasteiger partial charge in [0, 0.05) is 5.56 Å². The van der Waals surface area contributed by atoms with E-state index in [0.717, 1.165) is 0 Å². The van der Waals surface area contributed by atoms with E-state index in [1.54, 1.807) is 0 Å². The third-order valence-electron chi connectivity index (χ3n) is 2.09. The summed E-state index contributed by atoms with van der Waals surface area (Å²) in [5, 5.41) is 0. The fourth-order valence-corrected chi connectivity index (χ4v) is 1.39. The normalized spacial score (nSPS) is 18.9. The molecule has 1 aromatic carbocycles. The molecule has 3 nitrogen and oxygen atoms in total. The first-order valence-corrected chi connectivity index (χ1v) is 4.33. The third-order valence-corrected chi connectivity index (χ3v) is 2.09. The van der Waals surface area contributed by atoms with Gasteiger partial charge in [0.1, 0.15) is 0 Å². The molecule has 0 saturated carbocycles. The average Bonchev–Trinajstić information content (AvgIpc) is 2.49. The Labute approximate surface area is 87.7 Å². The van der Waals surface area contributed by atoms with Crippen LogP contribution in [0.2, 0.25) is 0 Å². The summed E-state index contributed by atoms with van der Waals surface area (Å²) < 4.78 is 58.4. The number of hydrogen-bond acceptors (Lipinski definition) is 3. The SMILES string of the molecule is N[C@@H](c1cccc2c1OC(F)(F)O2)C(F)F. The second-order valence-electron chi connectivity index (χ2n) is 3.20. The second kappa shape index (κ2) is 3.51. The minimum atomic E-state index is -3.83. The van der Waals surface area contributed by atoms with Crippen molar-refractivity contribution in [2.45, 2.75) is 18.8 Å². The Kier molecular flexibility index (Phi) is 2.42. The Bertz CT molecular complexity index is 410. The van der Waals surface area contributed by atoms with Gasteiger partial charge in [-0.15, -0.1) is 8.78 Å². The van der Waals surface area contributed by atoms with E-state index < -0.39 is 24.5 Å². The van der Waals surface area contributed by atoms with Gasteiger partial charge in [-0.1, -0.05) is 12.1 Å². The molecule has 1 aliphatic rings. The maximum absolute atomic E-state index is 12.7. The first kappa shape index (κ1) is 11.0. The van der Waals surface area contributed by atoms with E-state index in [1.807, 2.05) is 0 Å². The summed E-state index contributed by atoms with van der Waals surface area (Å²) in [5.74, 6) is -0.723. The molecule has 2 rings (SSSR count). The van der Waals surface area contributed by atoms with Gasteiger partial charge in [-0.2, -0.15) is 0 Å². The summed E-state index contributed by atoms with van der Waals surface area (Å²) in [7, 11) is 0. The van der Waals surface area contributed by atoms with Crippen molar-refractivity contribution in [2.24, 2.45) is 5.73 Å². The van der Waals surface area contributed by atoms with Crippen LogP contribution in [0.3, 0.4) is 0 Å². The lowest BCUT2D eigenvalue weighted by Gasteiger charge is -2.12. The van der Waals surface area contributed by atoms with Gasteiger partial charge in [-0.25, -0.2) is 8.78 Å². The zero-order valence-corrected chi connectivity index (χ0v) is 7.79. The van der Waals surface area contributed by atoms with Crippen molar-refractivity contribution in [1.82, 2.24) is 0 Å². The Morgan fingerprint density at radius 2 is 1.88 bits per heavy atom. The van der Waals surface area contributed by atoms with Crippen molar-refractivity contribution in [3.8, 4) is 11.5 Å². The number of para-hydroxylation sites is 1. The van der Waals surface area contributed by atoms with Gasteiger partial charge in [-0.3, -0.25) is 0 Å². The van der Waals surface area contributed by atoms with E-state index >= 15 is 0 Å². The predicted octanol–water partition coefficient (Wildman–Crippen LogP) is 2.27. The summed E-state index contributed by atoms with van der Waals surface area (Å²) in [6, 6.07) is 1.99. The largest absolute Gasteiger partial charge is 0.586 e. The molecular formula is C9H7F4NO2. The van der Waals surface area contributed by atoms with Crippen LogP contribution in [-0.2, 0) is 0 Å². The predicted molar refractivity (Wildman–Crippen MR) is 45.6 cm³/mol. The van der Waals surface area contributed by atoms with Crippen LogP contribution < -0.4 is 15.2 Å². The van der Waals surface area contributed by atoms with Gasteiger partial charge >= 0.3 is 6.29 Å². The molecule has 7 heteroatoms. The number of benzene rings is 1. The summed E-state index contributed by atoms with van der Waals surface area (Å²) in [6.07, 6.45) is -6.70. The van der Waals surface area contributed by atoms with E-state index in [1.165, 1.54) is 18.2 Å². The lowest BCUT2D eigenvalue weighted by molar-refractivity contribution is -0.287. The molecule has 1 atom stereocenters. The van der Waals surface area contributed by atoms with Crippen molar-refractivity contribution >= 4 is 0 Å². The highest BCUT2D eigenvalue weighted by atomic mass is 19.3. The van der Waals surface area contributed by atoms with Gasteiger partial charge in [0.25, 0.3) is 6.43 Å². The number of fused-ring (bicyclic) bond motifs is 1. The zero-order valence-electron chi connectivity index (χ0n) is 7.79. The van der Waals surface area contributed by atoms with Crippen LogP contribution in [0.1, 0.15) is 11.6 Å². The van der Waals surface area contributed by atoms with E-state index in [-0.39, 0.29) is 11.3 Å². The fraction of sp³-hybridized carbons (Fsp3) is 0.333. The highest BCUT2D eigenvalue weighted by Crippen LogP contribution is 2.45. The Balaban J connectivity index is 2.41. The standard InChI is InChI=1S/C9H7F4NO2/c10-8(11)6(14)4-2-1-3-5-7(4)16-9(12,13)15-5/h1-3,6,8H,14H2/t6-/m0/s1. The van der Waals surface area contributed by atoms with Gasteiger partial charge in [0.2, 0.25) is 0 Å². The van der Waals surface area contributed by atoms with E-state index in [9.17, 15) is 17.6 Å². The summed E-state index contributed by atoms with van der Waals surface area (Å²) in [4.78, 5) is 0. The fourth-order valence-electron chi connectivity index (χ4n) is 1.39. The number of halogens is 4. The Morgan fingerprint density at radius 3 is 2.50 bits per heavy atom. The molecule has 0 aromatic heterocycles. The minimum Gasteiger partial charge on any atom is -0.395 e. The molecule has 1 aromatic rings. The minimum absolute atomic E-state index is 0.204. The monoisotopic (exact) mass is 237 g/mol. The molecule has 1 aliphatic heterocycles. The van der Waals surface area contributed by atoms with Crippen molar-refractivity contribution in [3.05, 3.63) is 23.8 Å². The van der Waals surface area contributed by atoms with Crippen LogP contribution >= 0.6 is 0 Å². The Hall–Kier alpha value is -1.50. The van der Waals surface area contributed by atoms with Crippen LogP contribution in [0.15, 0.2) is 18.2 Å². The lowest BCUT2D eigenvalue weighted by Crippen LogP contribution is -2.26. The first-order chi connectivity index (χ1) is 7.41. The molecule has 16 heavy (non-hydrogen) atoms. The number of rotatable bonds is 2. The van der Waals surface area contributed by atoms with E-state index in [2.05, 4.69) is 9.47 Å². The average molecular weight is 237 g/mol. The summed E-state index contributed by atoms with van der Waals surface area (Å²) in [6.45, 7) is 0. The molecule has 0 unspecified atom stereocenters. The molecular weight excluding hydrogens is 230 g/mol. The van der Waals surface area contributed by atoms with Gasteiger partial charge in [0.05, 0.1) is 6.04 Å². The van der Waals surface area contributed by atoms with Crippen LogP contribution in [0, 0.1) is 0 Å². The number of ether oxygens (including phenoxy) is 2. The third kappa shape index (κ3) is 1.78. The molecule has 0 spiro atoms. The highest BCUT2D eigenvalue weighted by Gasteiger charge is 2.45. The maximum Gasteiger partial charge on any atom is 0.586 e. The molecule has 1 heterocycles. The number of hydrogen-bond donors (Lipinski definition) is 1. The summed E-state index contributed by atoms with van der Waals surface area (Å²) >= 11 is 0. The molecule has 2 N–H and O–H groups in total. The van der Waals surface area contributed by atoms with Crippen LogP contribution in [0.4, 0.5) is 17.6 Å². The van der Waals surface area contributed by atoms with Gasteiger partial charge in [-0.05, 0) is 6.07 Å². The molecule has 0 aliphatic carbocycles. The molecule has 0 radical (unpaired) electrons. The van der Waals surface area contributed by atoms with Crippen LogP contribution in [0.5, 0.6) is 11.5 Å². The van der Waals surface area contributed by atoms with Crippen LogP contribution in [-0.4, -0.2) is 12.7 Å². The topological polar surface area (TPSA) is 44.5 Å². The van der Waals surface area contributed by atoms with Gasteiger partial charge in [0.15, 0.2) is 11.5 Å². The molecule has 0 amide bonds. The molecule has 88 valence electrons. The van der Waals surface area contributed by atoms with Crippen molar-refractivity contribution in [3.63, 3.8) is 0 Å². The lowest BCUT2D eigenvalue weighted by atomic mass is 10.1. The van der Waals surface area contributed by atoms with Crippen LogP contribution in [0.25, 0.3) is 0 Å². The van der Waals surface area contributed by atoms with E-state index in [4.69, 9.17) is 5.73 Å². The number of nitrogens with two attached hydrogens (primary N) is 1. The second-order valence-corrected chi connectivity index (χ2v) is 3.20. The van der Waals surface area contributed by atoms with Crippen molar-refractivity contribution in [2.75, 3.05) is 0 Å². The highest BCUT2D eigenvalue weighted by molar-refractivity contribution is 5.50. The van der Waals surface area contributed by atoms with E-state index in [0.29, 0.717) is 0 Å². The summed E-state index contributed by atoms with van der Waals surface area (Å²) in [5.41, 5.74) is 4.96. The number of alkyl halides is 4. The molecule has 0 bridgehead atoms. The quantitative estimate of drug-likeness (QED) is 0.802. The zero-order chi connectivity index (χ0) is 11.9. The first-order valence-electron chi connectivity index (χ1n) is 4.33. The van der Waals surface area contributed by atoms with Gasteiger partial charge < -0.3 is 15.2 Å². The molecule has 0 saturated heterocycles. The molecule has 0 fully saturated rings. The van der Waals surface area contributed by atoms with Crippen molar-refractivity contribution < 1.29 is 27.0 Å². The maximum atomic E-state index is 12.7. The smallest absolute Gasteiger partial charge is 0.395 e.